The topological polar surface area (TPSA) is 143 Å². The van der Waals surface area contributed by atoms with Crippen molar-refractivity contribution in [1.29, 1.82) is 0 Å². The number of carboxylic acids is 1. The molecular formula is C20H29ClN4O4S. The van der Waals surface area contributed by atoms with E-state index in [1.54, 1.807) is 45.4 Å². The van der Waals surface area contributed by atoms with Crippen LogP contribution >= 0.6 is 24.4 Å². The Balaban J connectivity index is 0.00000450. The molecule has 1 amide bonds. The number of hydrogen-bond acceptors (Lipinski definition) is 6. The maximum atomic E-state index is 13.7. The third kappa shape index (κ3) is 5.15. The van der Waals surface area contributed by atoms with Crippen LogP contribution < -0.4 is 11.5 Å². The summed E-state index contributed by atoms with van der Waals surface area (Å²) in [4.78, 5) is 41.1. The molecule has 2 unspecified atom stereocenters. The van der Waals surface area contributed by atoms with E-state index in [-0.39, 0.29) is 18.3 Å². The van der Waals surface area contributed by atoms with Crippen LogP contribution in [0.5, 0.6) is 0 Å². The molecule has 0 radical (unpaired) electrons. The van der Waals surface area contributed by atoms with Crippen molar-refractivity contribution in [2.24, 2.45) is 17.4 Å². The van der Waals surface area contributed by atoms with Gasteiger partial charge < -0.3 is 21.6 Å². The summed E-state index contributed by atoms with van der Waals surface area (Å²) in [6, 6.07) is 4.15. The number of rotatable bonds is 9. The number of aromatic nitrogens is 1. The van der Waals surface area contributed by atoms with Crippen molar-refractivity contribution in [3.63, 3.8) is 0 Å². The third-order valence-corrected chi connectivity index (χ3v) is 5.69. The lowest BCUT2D eigenvalue weighted by molar-refractivity contribution is -0.142. The Bertz CT molecular complexity index is 902. The van der Waals surface area contributed by atoms with Gasteiger partial charge >= 0.3 is 5.97 Å². The van der Waals surface area contributed by atoms with Crippen molar-refractivity contribution in [2.75, 3.05) is 6.26 Å². The number of halogens is 1. The second-order valence-corrected chi connectivity index (χ2v) is 8.12. The number of aliphatic carboxylic acids is 1. The Morgan fingerprint density at radius 2 is 1.73 bits per heavy atom. The van der Waals surface area contributed by atoms with E-state index in [0.29, 0.717) is 5.56 Å². The van der Waals surface area contributed by atoms with Gasteiger partial charge in [0.2, 0.25) is 5.91 Å². The predicted octanol–water partition coefficient (Wildman–Crippen LogP) is 2.13. The molecule has 0 aliphatic carbocycles. The first kappa shape index (κ1) is 26.0. The summed E-state index contributed by atoms with van der Waals surface area (Å²) in [5.74, 6) is -3.52. The number of nitrogens with zero attached hydrogens (tertiary/aromatic N) is 1. The van der Waals surface area contributed by atoms with Crippen molar-refractivity contribution in [2.45, 2.75) is 44.8 Å². The quantitative estimate of drug-likeness (QED) is 0.423. The Morgan fingerprint density at radius 1 is 1.13 bits per heavy atom. The van der Waals surface area contributed by atoms with Gasteiger partial charge in [0.05, 0.1) is 12.0 Å². The first-order valence-electron chi connectivity index (χ1n) is 9.32. The number of amides is 1. The molecular weight excluding hydrogens is 428 g/mol. The number of aromatic amines is 1. The summed E-state index contributed by atoms with van der Waals surface area (Å²) in [7, 11) is 0. The van der Waals surface area contributed by atoms with Crippen LogP contribution in [0.3, 0.4) is 0 Å². The Labute approximate surface area is 186 Å². The number of carbonyl (C=O) groups is 3. The molecule has 0 aliphatic heterocycles. The number of para-hydroxylation sites is 1. The molecule has 0 saturated carbocycles. The normalized spacial score (nSPS) is 15.2. The van der Waals surface area contributed by atoms with E-state index in [4.69, 9.17) is 11.5 Å². The summed E-state index contributed by atoms with van der Waals surface area (Å²) in [6.07, 6.45) is 3.30. The number of nitrogens with two attached hydrogens (primary N) is 2. The second-order valence-electron chi connectivity index (χ2n) is 7.36. The van der Waals surface area contributed by atoms with E-state index in [9.17, 15) is 19.5 Å². The van der Waals surface area contributed by atoms with Crippen molar-refractivity contribution >= 4 is 52.9 Å². The molecule has 6 N–H and O–H groups in total. The molecule has 0 bridgehead atoms. The highest BCUT2D eigenvalue weighted by atomic mass is 35.5. The van der Waals surface area contributed by atoms with Gasteiger partial charge in [-0.15, -0.1) is 12.4 Å². The van der Waals surface area contributed by atoms with E-state index < -0.39 is 41.7 Å². The SMILES string of the molecule is CSN(C(=O)C(C)N)[C@H](C(=O)C(c1c[nH]c2ccccc12)[C@H](N)C(=O)O)C(C)C.Cl. The standard InChI is InChI=1S/C20H28N4O4S.ClH/c1-10(2)17(24(29-4)19(26)11(3)21)18(25)15(16(22)20(27)28)13-9-23-14-8-6-5-7-12(13)14;/h5-11,15-17,23H,21-22H2,1-4H3,(H,27,28);1H/t11?,15?,16-,17-;/m0./s1. The molecule has 8 nitrogen and oxygen atoms in total. The fourth-order valence-electron chi connectivity index (χ4n) is 3.46. The van der Waals surface area contributed by atoms with Crippen LogP contribution in [0.25, 0.3) is 10.9 Å². The highest BCUT2D eigenvalue weighted by Crippen LogP contribution is 2.33. The van der Waals surface area contributed by atoms with Gasteiger partial charge in [0.25, 0.3) is 0 Å². The molecule has 1 aromatic heterocycles. The number of ketones is 1. The molecule has 1 aromatic carbocycles. The van der Waals surface area contributed by atoms with Gasteiger partial charge in [-0.05, 0) is 24.5 Å². The number of hydrogen-bond donors (Lipinski definition) is 4. The fraction of sp³-hybridized carbons (Fsp3) is 0.450. The zero-order valence-electron chi connectivity index (χ0n) is 17.4. The maximum Gasteiger partial charge on any atom is 0.321 e. The number of Topliss-reactive ketones (excluding diaryl/α,β-unsaturated/α-hetero) is 1. The minimum absolute atomic E-state index is 0. The molecule has 0 fully saturated rings. The average molecular weight is 457 g/mol. The molecule has 30 heavy (non-hydrogen) atoms. The molecule has 10 heteroatoms. The van der Waals surface area contributed by atoms with Gasteiger partial charge in [0.1, 0.15) is 12.1 Å². The first-order valence-corrected chi connectivity index (χ1v) is 10.5. The van der Waals surface area contributed by atoms with Gasteiger partial charge in [0, 0.05) is 23.4 Å². The number of nitrogens with one attached hydrogen (secondary N) is 1. The van der Waals surface area contributed by atoms with Crippen molar-refractivity contribution < 1.29 is 19.5 Å². The lowest BCUT2D eigenvalue weighted by Crippen LogP contribution is -2.53. The number of carboxylic acid groups (broad SMARTS) is 1. The van der Waals surface area contributed by atoms with Crippen LogP contribution in [-0.2, 0) is 14.4 Å². The molecule has 166 valence electrons. The fourth-order valence-corrected chi connectivity index (χ4v) is 4.38. The van der Waals surface area contributed by atoms with E-state index >= 15 is 0 Å². The summed E-state index contributed by atoms with van der Waals surface area (Å²) < 4.78 is 1.34. The highest BCUT2D eigenvalue weighted by molar-refractivity contribution is 7.96. The van der Waals surface area contributed by atoms with Crippen LogP contribution in [0.2, 0.25) is 0 Å². The number of fused-ring (bicyclic) bond motifs is 1. The zero-order chi connectivity index (χ0) is 21.9. The van der Waals surface area contributed by atoms with Gasteiger partial charge in [-0.1, -0.05) is 44.0 Å². The Kier molecular flexibility index (Phi) is 9.35. The molecule has 2 rings (SSSR count). The Morgan fingerprint density at radius 3 is 2.23 bits per heavy atom. The molecule has 0 saturated heterocycles. The van der Waals surface area contributed by atoms with Crippen LogP contribution in [0.4, 0.5) is 0 Å². The number of carbonyl (C=O) groups excluding carboxylic acids is 2. The van der Waals surface area contributed by atoms with Crippen LogP contribution in [0.15, 0.2) is 30.5 Å². The average Bonchev–Trinajstić information content (AvgIpc) is 3.08. The second kappa shape index (κ2) is 10.8. The summed E-state index contributed by atoms with van der Waals surface area (Å²) in [5, 5.41) is 10.3. The van der Waals surface area contributed by atoms with Crippen LogP contribution in [-0.4, -0.2) is 56.4 Å². The highest BCUT2D eigenvalue weighted by Gasteiger charge is 2.42. The predicted molar refractivity (Wildman–Crippen MR) is 122 cm³/mol. The van der Waals surface area contributed by atoms with Crippen LogP contribution in [0.1, 0.15) is 32.3 Å². The van der Waals surface area contributed by atoms with Crippen molar-refractivity contribution in [3.05, 3.63) is 36.0 Å². The molecule has 0 spiro atoms. The molecule has 2 aromatic rings. The van der Waals surface area contributed by atoms with Crippen LogP contribution in [0, 0.1) is 5.92 Å². The van der Waals surface area contributed by atoms with Crippen molar-refractivity contribution in [1.82, 2.24) is 9.29 Å². The summed E-state index contributed by atoms with van der Waals surface area (Å²) >= 11 is 1.10. The minimum atomic E-state index is -1.46. The van der Waals surface area contributed by atoms with E-state index in [1.165, 1.54) is 4.31 Å². The van der Waals surface area contributed by atoms with E-state index in [0.717, 1.165) is 22.9 Å². The van der Waals surface area contributed by atoms with Gasteiger partial charge in [-0.25, -0.2) is 0 Å². The molecule has 1 heterocycles. The summed E-state index contributed by atoms with van der Waals surface area (Å²) in [5.41, 5.74) is 13.0. The lowest BCUT2D eigenvalue weighted by Gasteiger charge is -2.35. The number of benzene rings is 1. The monoisotopic (exact) mass is 456 g/mol. The lowest BCUT2D eigenvalue weighted by atomic mass is 9.81. The minimum Gasteiger partial charge on any atom is -0.480 e. The zero-order valence-corrected chi connectivity index (χ0v) is 19.0. The first-order chi connectivity index (χ1) is 13.6. The van der Waals surface area contributed by atoms with Gasteiger partial charge in [-0.2, -0.15) is 0 Å². The van der Waals surface area contributed by atoms with Gasteiger partial charge in [0.15, 0.2) is 5.78 Å². The largest absolute Gasteiger partial charge is 0.480 e. The summed E-state index contributed by atoms with van der Waals surface area (Å²) in [6.45, 7) is 5.16. The number of H-pyrrole nitrogens is 1. The van der Waals surface area contributed by atoms with E-state index in [1.807, 2.05) is 12.1 Å². The Hall–Kier alpha value is -2.07. The smallest absolute Gasteiger partial charge is 0.321 e. The van der Waals surface area contributed by atoms with Gasteiger partial charge in [-0.3, -0.25) is 18.7 Å². The van der Waals surface area contributed by atoms with E-state index in [2.05, 4.69) is 4.98 Å². The third-order valence-electron chi connectivity index (χ3n) is 4.89. The molecule has 0 aliphatic rings. The maximum absolute atomic E-state index is 13.7. The van der Waals surface area contributed by atoms with Crippen molar-refractivity contribution in [3.8, 4) is 0 Å². The molecule has 4 atom stereocenters.